The van der Waals surface area contributed by atoms with Gasteiger partial charge in [0.1, 0.15) is 0 Å². The Balaban J connectivity index is 1.08. The second kappa shape index (κ2) is 14.0. The van der Waals surface area contributed by atoms with E-state index in [-0.39, 0.29) is 0 Å². The van der Waals surface area contributed by atoms with Gasteiger partial charge in [-0.05, 0) is 84.9 Å². The van der Waals surface area contributed by atoms with Gasteiger partial charge in [0.25, 0.3) is 0 Å². The van der Waals surface area contributed by atoms with E-state index in [9.17, 15) is 0 Å². The summed E-state index contributed by atoms with van der Waals surface area (Å²) >= 11 is 0. The number of benzene rings is 5. The highest BCUT2D eigenvalue weighted by molar-refractivity contribution is 5.76. The van der Waals surface area contributed by atoms with Crippen molar-refractivity contribution < 1.29 is 0 Å². The second-order valence-electron chi connectivity index (χ2n) is 14.9. The van der Waals surface area contributed by atoms with Gasteiger partial charge >= 0.3 is 0 Å². The van der Waals surface area contributed by atoms with Crippen molar-refractivity contribution >= 4 is 0 Å². The third-order valence-corrected chi connectivity index (χ3v) is 11.5. The molecular weight excluding hydrogens is 673 g/mol. The smallest absolute Gasteiger partial charge is 0.164 e. The highest BCUT2D eigenvalue weighted by Crippen LogP contribution is 2.55. The van der Waals surface area contributed by atoms with Gasteiger partial charge in [-0.15, -0.1) is 0 Å². The fourth-order valence-electron chi connectivity index (χ4n) is 8.60. The van der Waals surface area contributed by atoms with E-state index < -0.39 is 0 Å². The van der Waals surface area contributed by atoms with Crippen LogP contribution in [0.4, 0.5) is 0 Å². The van der Waals surface area contributed by atoms with Crippen molar-refractivity contribution in [2.75, 3.05) is 0 Å². The topological polar surface area (TPSA) is 77.3 Å². The Kier molecular flexibility index (Phi) is 8.36. The molecule has 2 aliphatic rings. The average Bonchev–Trinajstić information content (AvgIpc) is 3.91. The van der Waals surface area contributed by atoms with Gasteiger partial charge in [-0.2, -0.15) is 0 Å². The van der Waals surface area contributed by atoms with Crippen LogP contribution in [0.25, 0.3) is 79.2 Å². The lowest BCUT2D eigenvalue weighted by molar-refractivity contribution is 0.419. The minimum absolute atomic E-state index is 0.315. The highest BCUT2D eigenvalue weighted by atomic mass is 15.0. The number of hydrogen-bond donors (Lipinski definition) is 0. The summed E-state index contributed by atoms with van der Waals surface area (Å²) in [5.41, 5.74) is 11.4. The number of nitrogens with zero attached hydrogens (tertiary/aromatic N) is 6. The third kappa shape index (κ3) is 6.50. The molecule has 8 aromatic rings. The van der Waals surface area contributed by atoms with Gasteiger partial charge in [0.2, 0.25) is 0 Å². The number of aromatic nitrogens is 6. The summed E-state index contributed by atoms with van der Waals surface area (Å²) in [5, 5.41) is 0. The molecule has 264 valence electrons. The Hall–Kier alpha value is -6.66. The van der Waals surface area contributed by atoms with Crippen LogP contribution in [0.1, 0.15) is 37.7 Å². The molecule has 0 aliphatic heterocycles. The van der Waals surface area contributed by atoms with Crippen molar-refractivity contribution in [3.05, 3.63) is 170 Å². The maximum Gasteiger partial charge on any atom is 0.164 e. The lowest BCUT2D eigenvalue weighted by Gasteiger charge is -2.27. The normalized spacial score (nSPS) is 17.3. The Morgan fingerprint density at radius 3 is 1.47 bits per heavy atom. The van der Waals surface area contributed by atoms with Crippen molar-refractivity contribution in [3.8, 4) is 79.2 Å². The van der Waals surface area contributed by atoms with Crippen molar-refractivity contribution in [2.24, 2.45) is 5.92 Å². The molecule has 2 aliphatic carbocycles. The van der Waals surface area contributed by atoms with Gasteiger partial charge in [0.15, 0.2) is 23.3 Å². The molecule has 3 aromatic heterocycles. The Morgan fingerprint density at radius 2 is 0.891 bits per heavy atom. The maximum absolute atomic E-state index is 5.18. The summed E-state index contributed by atoms with van der Waals surface area (Å²) < 4.78 is 0. The predicted molar refractivity (Wildman–Crippen MR) is 220 cm³/mol. The first-order valence-electron chi connectivity index (χ1n) is 19.1. The maximum atomic E-state index is 5.18. The largest absolute Gasteiger partial charge is 0.264 e. The number of rotatable bonds is 8. The first-order valence-corrected chi connectivity index (χ1v) is 19.1. The van der Waals surface area contributed by atoms with Crippen LogP contribution in [-0.2, 0) is 5.41 Å². The zero-order valence-electron chi connectivity index (χ0n) is 30.4. The molecule has 5 aromatic carbocycles. The van der Waals surface area contributed by atoms with E-state index in [4.69, 9.17) is 24.9 Å². The van der Waals surface area contributed by atoms with E-state index in [0.29, 0.717) is 28.7 Å². The van der Waals surface area contributed by atoms with Crippen LogP contribution < -0.4 is 0 Å². The zero-order chi connectivity index (χ0) is 36.6. The van der Waals surface area contributed by atoms with E-state index in [2.05, 4.69) is 89.9 Å². The molecule has 55 heavy (non-hydrogen) atoms. The van der Waals surface area contributed by atoms with Crippen LogP contribution in [-0.4, -0.2) is 29.9 Å². The molecule has 10 rings (SSSR count). The predicted octanol–water partition coefficient (Wildman–Crippen LogP) is 11.6. The van der Waals surface area contributed by atoms with Gasteiger partial charge in [0.05, 0.1) is 11.4 Å². The summed E-state index contributed by atoms with van der Waals surface area (Å²) in [6.45, 7) is 0. The standard InChI is InChI=1S/C49H38N6/c1-3-11-34(12-4-1)45-51-43(30-44(52-45)38-17-9-21-42(29-38)49-24-22-33(31-49)23-25-49)37-16-8-19-40(28-37)48-54-46(35-13-5-2-6-14-35)53-47(55-48)39-18-7-15-36(27-39)41-20-10-26-50-32-41/h1-21,26-30,32-33H,22-25,31H2. The minimum atomic E-state index is 0.315. The molecule has 0 N–H and O–H groups in total. The average molecular weight is 711 g/mol. The summed E-state index contributed by atoms with van der Waals surface area (Å²) in [6, 6.07) is 52.2. The lowest BCUT2D eigenvalue weighted by Crippen LogP contribution is -2.19. The number of pyridine rings is 1. The minimum Gasteiger partial charge on any atom is -0.264 e. The van der Waals surface area contributed by atoms with E-state index in [1.807, 2.05) is 72.9 Å². The fourth-order valence-corrected chi connectivity index (χ4v) is 8.60. The molecular formula is C49H38N6. The van der Waals surface area contributed by atoms with Crippen LogP contribution in [0.15, 0.2) is 164 Å². The van der Waals surface area contributed by atoms with E-state index in [1.165, 1.54) is 37.7 Å². The second-order valence-corrected chi connectivity index (χ2v) is 14.9. The Labute approximate surface area is 321 Å². The van der Waals surface area contributed by atoms with Crippen LogP contribution in [0, 0.1) is 5.92 Å². The Bertz CT molecular complexity index is 2630. The van der Waals surface area contributed by atoms with Gasteiger partial charge in [-0.25, -0.2) is 24.9 Å². The van der Waals surface area contributed by atoms with Gasteiger partial charge in [-0.3, -0.25) is 4.98 Å². The fraction of sp³-hybridized carbons (Fsp3) is 0.143. The quantitative estimate of drug-likeness (QED) is 0.156. The van der Waals surface area contributed by atoms with Crippen LogP contribution in [0.2, 0.25) is 0 Å². The lowest BCUT2D eigenvalue weighted by atomic mass is 9.77. The van der Waals surface area contributed by atoms with Gasteiger partial charge < -0.3 is 0 Å². The monoisotopic (exact) mass is 710 g/mol. The molecule has 2 saturated carbocycles. The molecule has 0 radical (unpaired) electrons. The van der Waals surface area contributed by atoms with Gasteiger partial charge in [-0.1, -0.05) is 121 Å². The molecule has 2 bridgehead atoms. The summed E-state index contributed by atoms with van der Waals surface area (Å²) in [6.07, 6.45) is 10.3. The highest BCUT2D eigenvalue weighted by Gasteiger charge is 2.45. The van der Waals surface area contributed by atoms with E-state index in [1.54, 1.807) is 6.20 Å². The van der Waals surface area contributed by atoms with Crippen LogP contribution >= 0.6 is 0 Å². The van der Waals surface area contributed by atoms with Crippen molar-refractivity contribution in [3.63, 3.8) is 0 Å². The molecule has 6 heteroatoms. The van der Waals surface area contributed by atoms with E-state index >= 15 is 0 Å². The SMILES string of the molecule is c1ccc(-c2nc(-c3cccc(-c4nc(-c5ccccc5)nc(-c5cccc(-c6cccnc6)c5)n4)c3)cc(-c3cccc(C45CCC(CC4)C5)c3)n2)cc1. The van der Waals surface area contributed by atoms with Crippen LogP contribution in [0.5, 0.6) is 0 Å². The zero-order valence-corrected chi connectivity index (χ0v) is 30.4. The number of fused-ring (bicyclic) bond motifs is 2. The summed E-state index contributed by atoms with van der Waals surface area (Å²) in [5.74, 6) is 3.39. The van der Waals surface area contributed by atoms with Crippen LogP contribution in [0.3, 0.4) is 0 Å². The molecule has 3 heterocycles. The van der Waals surface area contributed by atoms with Gasteiger partial charge in [0, 0.05) is 51.3 Å². The molecule has 0 atom stereocenters. The summed E-state index contributed by atoms with van der Waals surface area (Å²) in [4.78, 5) is 29.8. The number of hydrogen-bond acceptors (Lipinski definition) is 6. The molecule has 0 saturated heterocycles. The Morgan fingerprint density at radius 1 is 0.400 bits per heavy atom. The molecule has 0 unspecified atom stereocenters. The first kappa shape index (κ1) is 32.9. The van der Waals surface area contributed by atoms with Crippen molar-refractivity contribution in [2.45, 2.75) is 37.5 Å². The molecule has 6 nitrogen and oxygen atoms in total. The molecule has 2 fully saturated rings. The summed E-state index contributed by atoms with van der Waals surface area (Å²) in [7, 11) is 0. The van der Waals surface area contributed by atoms with Crippen molar-refractivity contribution in [1.82, 2.24) is 29.9 Å². The molecule has 0 amide bonds. The third-order valence-electron chi connectivity index (χ3n) is 11.5. The van der Waals surface area contributed by atoms with Crippen molar-refractivity contribution in [1.29, 1.82) is 0 Å². The first-order chi connectivity index (χ1) is 27.2. The van der Waals surface area contributed by atoms with E-state index in [0.717, 1.165) is 61.8 Å². The molecule has 0 spiro atoms.